The Balaban J connectivity index is 1.58. The zero-order valence-corrected chi connectivity index (χ0v) is 13.9. The van der Waals surface area contributed by atoms with Crippen LogP contribution < -0.4 is 11.5 Å². The summed E-state index contributed by atoms with van der Waals surface area (Å²) in [6.07, 6.45) is 3.06. The van der Waals surface area contributed by atoms with Gasteiger partial charge in [0.15, 0.2) is 12.4 Å². The van der Waals surface area contributed by atoms with E-state index in [0.29, 0.717) is 0 Å². The summed E-state index contributed by atoms with van der Waals surface area (Å²) in [7, 11) is 0. The summed E-state index contributed by atoms with van der Waals surface area (Å²) < 4.78 is 5.07. The highest BCUT2D eigenvalue weighted by molar-refractivity contribution is 7.16. The third-order valence-electron chi connectivity index (χ3n) is 3.13. The SMILES string of the molecule is Nc1nc(N)nc(COC(=O)/C=C/c2ccc(-c3ccccc3)s2)n1. The number of thiophene rings is 1. The molecule has 126 valence electrons. The molecule has 7 nitrogen and oxygen atoms in total. The molecule has 4 N–H and O–H groups in total. The lowest BCUT2D eigenvalue weighted by Crippen LogP contribution is -2.09. The molecule has 0 aliphatic heterocycles. The van der Waals surface area contributed by atoms with E-state index in [1.807, 2.05) is 42.5 Å². The van der Waals surface area contributed by atoms with Gasteiger partial charge in [0.25, 0.3) is 0 Å². The Bertz CT molecular complexity index is 888. The second kappa shape index (κ2) is 7.54. The van der Waals surface area contributed by atoms with Crippen molar-refractivity contribution in [1.29, 1.82) is 0 Å². The molecule has 0 saturated heterocycles. The highest BCUT2D eigenvalue weighted by Crippen LogP contribution is 2.28. The third-order valence-corrected chi connectivity index (χ3v) is 4.23. The average molecular weight is 353 g/mol. The number of hydrogen-bond acceptors (Lipinski definition) is 8. The number of ether oxygens (including phenoxy) is 1. The first-order valence-electron chi connectivity index (χ1n) is 7.36. The van der Waals surface area contributed by atoms with Gasteiger partial charge in [-0.2, -0.15) is 15.0 Å². The number of anilines is 2. The van der Waals surface area contributed by atoms with Crippen LogP contribution in [-0.2, 0) is 16.1 Å². The van der Waals surface area contributed by atoms with Crippen LogP contribution in [0.5, 0.6) is 0 Å². The second-order valence-electron chi connectivity index (χ2n) is 4.98. The van der Waals surface area contributed by atoms with Gasteiger partial charge in [-0.15, -0.1) is 11.3 Å². The number of rotatable bonds is 5. The highest BCUT2D eigenvalue weighted by atomic mass is 32.1. The molecule has 2 heterocycles. The van der Waals surface area contributed by atoms with Crippen molar-refractivity contribution in [3.05, 3.63) is 59.2 Å². The van der Waals surface area contributed by atoms with Gasteiger partial charge in [-0.3, -0.25) is 0 Å². The molecule has 25 heavy (non-hydrogen) atoms. The monoisotopic (exact) mass is 353 g/mol. The Morgan fingerprint density at radius 1 is 1.04 bits per heavy atom. The maximum Gasteiger partial charge on any atom is 0.331 e. The van der Waals surface area contributed by atoms with Gasteiger partial charge >= 0.3 is 5.97 Å². The molecule has 3 rings (SSSR count). The van der Waals surface area contributed by atoms with E-state index in [1.165, 1.54) is 6.08 Å². The first-order chi connectivity index (χ1) is 12.1. The minimum atomic E-state index is -0.507. The summed E-state index contributed by atoms with van der Waals surface area (Å²) in [5, 5.41) is 0. The number of carbonyl (C=O) groups excluding carboxylic acids is 1. The number of nitrogens with zero attached hydrogens (tertiary/aromatic N) is 3. The maximum atomic E-state index is 11.8. The summed E-state index contributed by atoms with van der Waals surface area (Å²) >= 11 is 1.59. The standard InChI is InChI=1S/C17H15N5O2S/c18-16-20-14(21-17(19)22-16)10-24-15(23)9-7-12-6-8-13(25-12)11-4-2-1-3-5-11/h1-9H,10H2,(H4,18,19,20,21,22)/b9-7+. The summed E-state index contributed by atoms with van der Waals surface area (Å²) in [6.45, 7) is -0.125. The first-order valence-corrected chi connectivity index (χ1v) is 8.18. The fourth-order valence-electron chi connectivity index (χ4n) is 2.06. The topological polar surface area (TPSA) is 117 Å². The first kappa shape index (κ1) is 16.6. The van der Waals surface area contributed by atoms with Crippen LogP contribution in [-0.4, -0.2) is 20.9 Å². The number of aromatic nitrogens is 3. The zero-order chi connectivity index (χ0) is 17.6. The van der Waals surface area contributed by atoms with Gasteiger partial charge in [0.1, 0.15) is 0 Å². The lowest BCUT2D eigenvalue weighted by atomic mass is 10.2. The van der Waals surface area contributed by atoms with Crippen molar-refractivity contribution < 1.29 is 9.53 Å². The molecule has 0 fully saturated rings. The van der Waals surface area contributed by atoms with Gasteiger partial charge in [0, 0.05) is 15.8 Å². The van der Waals surface area contributed by atoms with Gasteiger partial charge in [-0.1, -0.05) is 30.3 Å². The second-order valence-corrected chi connectivity index (χ2v) is 6.09. The number of hydrogen-bond donors (Lipinski definition) is 2. The molecule has 1 aromatic carbocycles. The minimum Gasteiger partial charge on any atom is -0.454 e. The van der Waals surface area contributed by atoms with Crippen LogP contribution in [0.4, 0.5) is 11.9 Å². The maximum absolute atomic E-state index is 11.8. The quantitative estimate of drug-likeness (QED) is 0.534. The van der Waals surface area contributed by atoms with E-state index in [1.54, 1.807) is 17.4 Å². The van der Waals surface area contributed by atoms with Gasteiger partial charge in [0.05, 0.1) is 0 Å². The number of nitrogens with two attached hydrogens (primary N) is 2. The van der Waals surface area contributed by atoms with Gasteiger partial charge in [-0.05, 0) is 23.8 Å². The Labute approximate surface area is 148 Å². The Morgan fingerprint density at radius 3 is 2.48 bits per heavy atom. The van der Waals surface area contributed by atoms with Crippen LogP contribution in [0.15, 0.2) is 48.5 Å². The molecule has 3 aromatic rings. The average Bonchev–Trinajstić information content (AvgIpc) is 3.07. The van der Waals surface area contributed by atoms with E-state index in [2.05, 4.69) is 15.0 Å². The number of benzene rings is 1. The van der Waals surface area contributed by atoms with Crippen LogP contribution in [0, 0.1) is 0 Å². The molecule has 0 radical (unpaired) electrons. The lowest BCUT2D eigenvalue weighted by molar-refractivity contribution is -0.139. The van der Waals surface area contributed by atoms with Crippen LogP contribution in [0.2, 0.25) is 0 Å². The highest BCUT2D eigenvalue weighted by Gasteiger charge is 2.05. The van der Waals surface area contributed by atoms with E-state index in [-0.39, 0.29) is 24.3 Å². The van der Waals surface area contributed by atoms with Crippen LogP contribution in [0.3, 0.4) is 0 Å². The number of nitrogen functional groups attached to an aromatic ring is 2. The van der Waals surface area contributed by atoms with Gasteiger partial charge in [0.2, 0.25) is 11.9 Å². The summed E-state index contributed by atoms with van der Waals surface area (Å²) in [4.78, 5) is 25.2. The summed E-state index contributed by atoms with van der Waals surface area (Å²) in [5.41, 5.74) is 12.0. The van der Waals surface area contributed by atoms with Gasteiger partial charge < -0.3 is 16.2 Å². The van der Waals surface area contributed by atoms with Crippen molar-refractivity contribution in [2.75, 3.05) is 11.5 Å². The lowest BCUT2D eigenvalue weighted by Gasteiger charge is -2.02. The molecule has 0 unspecified atom stereocenters. The van der Waals surface area contributed by atoms with Crippen molar-refractivity contribution in [1.82, 2.24) is 15.0 Å². The number of carbonyl (C=O) groups is 1. The van der Waals surface area contributed by atoms with Crippen LogP contribution in [0.1, 0.15) is 10.7 Å². The van der Waals surface area contributed by atoms with E-state index in [4.69, 9.17) is 16.2 Å². The molecule has 0 bridgehead atoms. The molecule has 0 aliphatic rings. The predicted octanol–water partition coefficient (Wildman–Crippen LogP) is 2.52. The third kappa shape index (κ3) is 4.61. The van der Waals surface area contributed by atoms with E-state index in [9.17, 15) is 4.79 Å². The van der Waals surface area contributed by atoms with Crippen molar-refractivity contribution in [3.8, 4) is 10.4 Å². The van der Waals surface area contributed by atoms with E-state index >= 15 is 0 Å². The summed E-state index contributed by atoms with van der Waals surface area (Å²) in [5.74, 6) is -0.330. The Kier molecular flexibility index (Phi) is 5.00. The zero-order valence-electron chi connectivity index (χ0n) is 13.1. The fourth-order valence-corrected chi connectivity index (χ4v) is 2.97. The molecule has 0 aliphatic carbocycles. The molecule has 0 atom stereocenters. The smallest absolute Gasteiger partial charge is 0.331 e. The van der Waals surface area contributed by atoms with Crippen LogP contribution in [0.25, 0.3) is 16.5 Å². The van der Waals surface area contributed by atoms with Crippen molar-refractivity contribution in [2.24, 2.45) is 0 Å². The fraction of sp³-hybridized carbons (Fsp3) is 0.0588. The molecular weight excluding hydrogens is 338 g/mol. The molecule has 0 saturated carbocycles. The normalized spacial score (nSPS) is 10.9. The molecule has 8 heteroatoms. The minimum absolute atomic E-state index is 0.0129. The summed E-state index contributed by atoms with van der Waals surface area (Å²) in [6, 6.07) is 14.0. The molecule has 0 spiro atoms. The van der Waals surface area contributed by atoms with Gasteiger partial charge in [-0.25, -0.2) is 4.79 Å². The van der Waals surface area contributed by atoms with Crippen LogP contribution >= 0.6 is 11.3 Å². The van der Waals surface area contributed by atoms with Crippen molar-refractivity contribution >= 4 is 35.3 Å². The van der Waals surface area contributed by atoms with E-state index in [0.717, 1.165) is 15.3 Å². The van der Waals surface area contributed by atoms with Crippen molar-refractivity contribution in [3.63, 3.8) is 0 Å². The molecule has 2 aromatic heterocycles. The Hall–Kier alpha value is -3.26. The Morgan fingerprint density at radius 2 is 1.76 bits per heavy atom. The number of esters is 1. The molecular formula is C17H15N5O2S. The van der Waals surface area contributed by atoms with Crippen molar-refractivity contribution in [2.45, 2.75) is 6.61 Å². The van der Waals surface area contributed by atoms with E-state index < -0.39 is 5.97 Å². The largest absolute Gasteiger partial charge is 0.454 e. The predicted molar refractivity (Wildman–Crippen MR) is 97.2 cm³/mol. The molecule has 0 amide bonds.